The van der Waals surface area contributed by atoms with Gasteiger partial charge in [0, 0.05) is 15.7 Å². The maximum absolute atomic E-state index is 13.0. The zero-order valence-electron chi connectivity index (χ0n) is 16.1. The Balaban J connectivity index is 2.00. The number of hydrogen-bond acceptors (Lipinski definition) is 5. The van der Waals surface area contributed by atoms with E-state index in [-0.39, 0.29) is 10.6 Å². The normalized spacial score (nSPS) is 11.0. The van der Waals surface area contributed by atoms with Crippen molar-refractivity contribution < 1.29 is 22.6 Å². The van der Waals surface area contributed by atoms with Gasteiger partial charge in [-0.25, -0.2) is 8.42 Å². The van der Waals surface area contributed by atoms with Gasteiger partial charge in [0.15, 0.2) is 0 Å². The Labute approximate surface area is 178 Å². The summed E-state index contributed by atoms with van der Waals surface area (Å²) in [6.07, 6.45) is 0. The average Bonchev–Trinajstić information content (AvgIpc) is 2.73. The molecule has 0 aromatic heterocycles. The Kier molecular flexibility index (Phi) is 6.34. The summed E-state index contributed by atoms with van der Waals surface area (Å²) in [7, 11) is 0.721. The van der Waals surface area contributed by atoms with Gasteiger partial charge in [0.2, 0.25) is 0 Å². The van der Waals surface area contributed by atoms with E-state index in [0.717, 1.165) is 16.9 Å². The number of sulfonamides is 1. The Bertz CT molecular complexity index is 1110. The molecule has 0 aliphatic rings. The van der Waals surface area contributed by atoms with E-state index in [1.807, 2.05) is 24.3 Å². The Hall–Kier alpha value is -2.71. The Morgan fingerprint density at radius 2 is 1.45 bits per heavy atom. The lowest BCUT2D eigenvalue weighted by Crippen LogP contribution is -2.14. The van der Waals surface area contributed by atoms with Gasteiger partial charge in [0.05, 0.1) is 21.3 Å². The number of hydrogen-bond donors (Lipinski definition) is 1. The summed E-state index contributed by atoms with van der Waals surface area (Å²) in [5.41, 5.74) is 2.01. The first kappa shape index (κ1) is 21.0. The summed E-state index contributed by atoms with van der Waals surface area (Å²) >= 11 is 3.30. The molecule has 3 aromatic rings. The van der Waals surface area contributed by atoms with Crippen LogP contribution in [0.3, 0.4) is 0 Å². The van der Waals surface area contributed by atoms with Crippen molar-refractivity contribution in [1.29, 1.82) is 0 Å². The van der Waals surface area contributed by atoms with Gasteiger partial charge in [0.1, 0.15) is 22.1 Å². The molecule has 0 saturated heterocycles. The van der Waals surface area contributed by atoms with Crippen molar-refractivity contribution in [2.45, 2.75) is 4.90 Å². The molecule has 3 rings (SSSR count). The predicted octanol–water partition coefficient (Wildman–Crippen LogP) is 4.94. The monoisotopic (exact) mass is 477 g/mol. The highest BCUT2D eigenvalue weighted by molar-refractivity contribution is 9.10. The van der Waals surface area contributed by atoms with Gasteiger partial charge < -0.3 is 14.2 Å². The highest BCUT2D eigenvalue weighted by Gasteiger charge is 2.21. The van der Waals surface area contributed by atoms with E-state index in [9.17, 15) is 8.42 Å². The van der Waals surface area contributed by atoms with Crippen LogP contribution in [-0.2, 0) is 10.0 Å². The van der Waals surface area contributed by atoms with Crippen molar-refractivity contribution in [3.63, 3.8) is 0 Å². The first-order valence-corrected chi connectivity index (χ1v) is 10.8. The quantitative estimate of drug-likeness (QED) is 0.521. The fourth-order valence-corrected chi connectivity index (χ4v) is 4.60. The van der Waals surface area contributed by atoms with E-state index in [1.54, 1.807) is 44.6 Å². The van der Waals surface area contributed by atoms with Gasteiger partial charge in [-0.3, -0.25) is 4.72 Å². The second-order valence-corrected chi connectivity index (χ2v) is 8.61. The summed E-state index contributed by atoms with van der Waals surface area (Å²) in [5.74, 6) is 1.61. The van der Waals surface area contributed by atoms with Crippen LogP contribution in [0.2, 0.25) is 0 Å². The average molecular weight is 478 g/mol. The number of methoxy groups -OCH3 is 3. The number of ether oxygens (including phenoxy) is 3. The molecule has 29 heavy (non-hydrogen) atoms. The van der Waals surface area contributed by atoms with Crippen LogP contribution < -0.4 is 18.9 Å². The van der Waals surface area contributed by atoms with Crippen LogP contribution in [0.25, 0.3) is 11.1 Å². The fourth-order valence-electron chi connectivity index (χ4n) is 2.84. The summed E-state index contributed by atoms with van der Waals surface area (Å²) in [6.45, 7) is 0. The van der Waals surface area contributed by atoms with E-state index < -0.39 is 10.0 Å². The lowest BCUT2D eigenvalue weighted by atomic mass is 10.0. The zero-order valence-corrected chi connectivity index (χ0v) is 18.5. The molecule has 0 fully saturated rings. The number of nitrogens with one attached hydrogen (secondary N) is 1. The second-order valence-electron chi connectivity index (χ2n) is 6.04. The maximum Gasteiger partial charge on any atom is 0.265 e. The van der Waals surface area contributed by atoms with Gasteiger partial charge in [-0.05, 0) is 54.1 Å². The molecule has 0 aliphatic heterocycles. The third kappa shape index (κ3) is 4.65. The van der Waals surface area contributed by atoms with Crippen molar-refractivity contribution >= 4 is 31.6 Å². The number of anilines is 1. The van der Waals surface area contributed by atoms with Crippen molar-refractivity contribution in [3.8, 4) is 28.4 Å². The van der Waals surface area contributed by atoms with E-state index in [0.29, 0.717) is 15.9 Å². The summed E-state index contributed by atoms with van der Waals surface area (Å²) in [5, 5.41) is 0. The standard InChI is InChI=1S/C21H20BrNO5S/c1-26-17-8-4-14(5-9-17)18-13-16(7-11-19(18)27-2)23-29(24,25)21-12-15(22)6-10-20(21)28-3/h4-13,23H,1-3H3. The molecule has 6 nitrogen and oxygen atoms in total. The molecule has 0 heterocycles. The lowest BCUT2D eigenvalue weighted by molar-refractivity contribution is 0.403. The van der Waals surface area contributed by atoms with Gasteiger partial charge in [-0.15, -0.1) is 0 Å². The zero-order chi connectivity index (χ0) is 21.0. The lowest BCUT2D eigenvalue weighted by Gasteiger charge is -2.15. The van der Waals surface area contributed by atoms with E-state index in [4.69, 9.17) is 14.2 Å². The topological polar surface area (TPSA) is 73.9 Å². The molecule has 0 atom stereocenters. The van der Waals surface area contributed by atoms with Gasteiger partial charge >= 0.3 is 0 Å². The van der Waals surface area contributed by atoms with Crippen molar-refractivity contribution in [2.75, 3.05) is 26.1 Å². The molecule has 8 heteroatoms. The molecular weight excluding hydrogens is 458 g/mol. The van der Waals surface area contributed by atoms with E-state index >= 15 is 0 Å². The minimum atomic E-state index is -3.87. The van der Waals surface area contributed by atoms with Crippen molar-refractivity contribution in [2.24, 2.45) is 0 Å². The van der Waals surface area contributed by atoms with Crippen LogP contribution in [0.15, 0.2) is 70.0 Å². The molecule has 152 valence electrons. The second kappa shape index (κ2) is 8.75. The number of benzene rings is 3. The molecule has 0 saturated carbocycles. The van der Waals surface area contributed by atoms with Crippen LogP contribution in [0, 0.1) is 0 Å². The molecule has 0 spiro atoms. The first-order chi connectivity index (χ1) is 13.9. The molecule has 3 aromatic carbocycles. The SMILES string of the molecule is COc1ccc(-c2cc(NS(=O)(=O)c3cc(Br)ccc3OC)ccc2OC)cc1. The molecule has 0 amide bonds. The molecule has 0 unspecified atom stereocenters. The summed E-state index contributed by atoms with van der Waals surface area (Å²) in [6, 6.07) is 17.3. The number of halogens is 1. The maximum atomic E-state index is 13.0. The van der Waals surface area contributed by atoms with Crippen LogP contribution in [0.1, 0.15) is 0 Å². The minimum absolute atomic E-state index is 0.0381. The van der Waals surface area contributed by atoms with E-state index in [1.165, 1.54) is 13.2 Å². The van der Waals surface area contributed by atoms with Crippen LogP contribution in [-0.4, -0.2) is 29.7 Å². The van der Waals surface area contributed by atoms with Crippen LogP contribution in [0.5, 0.6) is 17.2 Å². The third-order valence-corrected chi connectivity index (χ3v) is 6.16. The molecule has 0 aliphatic carbocycles. The predicted molar refractivity (Wildman–Crippen MR) is 116 cm³/mol. The van der Waals surface area contributed by atoms with Gasteiger partial charge in [-0.2, -0.15) is 0 Å². The summed E-state index contributed by atoms with van der Waals surface area (Å²) in [4.78, 5) is 0.0381. The van der Waals surface area contributed by atoms with Crippen LogP contribution >= 0.6 is 15.9 Å². The summed E-state index contributed by atoms with van der Waals surface area (Å²) < 4.78 is 45.0. The van der Waals surface area contributed by atoms with Gasteiger partial charge in [-0.1, -0.05) is 28.1 Å². The molecule has 0 radical (unpaired) electrons. The van der Waals surface area contributed by atoms with Gasteiger partial charge in [0.25, 0.3) is 10.0 Å². The molecular formula is C21H20BrNO5S. The largest absolute Gasteiger partial charge is 0.497 e. The Morgan fingerprint density at radius 1 is 0.793 bits per heavy atom. The highest BCUT2D eigenvalue weighted by atomic mass is 79.9. The molecule has 0 bridgehead atoms. The van der Waals surface area contributed by atoms with E-state index in [2.05, 4.69) is 20.7 Å². The molecule has 1 N–H and O–H groups in total. The highest BCUT2D eigenvalue weighted by Crippen LogP contribution is 2.35. The first-order valence-electron chi connectivity index (χ1n) is 8.57. The number of rotatable bonds is 7. The smallest absolute Gasteiger partial charge is 0.265 e. The van der Waals surface area contributed by atoms with Crippen LogP contribution in [0.4, 0.5) is 5.69 Å². The Morgan fingerprint density at radius 3 is 2.07 bits per heavy atom. The fraction of sp³-hybridized carbons (Fsp3) is 0.143. The van der Waals surface area contributed by atoms with Crippen molar-refractivity contribution in [1.82, 2.24) is 0 Å². The minimum Gasteiger partial charge on any atom is -0.497 e. The van der Waals surface area contributed by atoms with Crippen molar-refractivity contribution in [3.05, 3.63) is 65.1 Å². The third-order valence-electron chi connectivity index (χ3n) is 4.27.